The van der Waals surface area contributed by atoms with Crippen LogP contribution in [-0.2, 0) is 6.18 Å². The van der Waals surface area contributed by atoms with Crippen LogP contribution in [0.15, 0.2) is 24.3 Å². The molecular weight excluding hydrogens is 269 g/mol. The lowest BCUT2D eigenvalue weighted by molar-refractivity contribution is -0.137. The number of anilines is 2. The smallest absolute Gasteiger partial charge is 0.373 e. The molecule has 2 rings (SSSR count). The third-order valence-electron chi connectivity index (χ3n) is 2.84. The van der Waals surface area contributed by atoms with Crippen molar-refractivity contribution >= 4 is 11.8 Å². The van der Waals surface area contributed by atoms with Gasteiger partial charge in [0.05, 0.1) is 11.3 Å². The molecule has 106 valence electrons. The fourth-order valence-electron chi connectivity index (χ4n) is 1.81. The summed E-state index contributed by atoms with van der Waals surface area (Å²) in [6, 6.07) is 5.08. The normalized spacial score (nSPS) is 11.4. The van der Waals surface area contributed by atoms with Crippen LogP contribution in [0.2, 0.25) is 0 Å². The number of nitrogens with one attached hydrogen (secondary N) is 1. The summed E-state index contributed by atoms with van der Waals surface area (Å²) in [5.74, 6) is 0.452. The molecule has 3 N–H and O–H groups in total. The van der Waals surface area contributed by atoms with Crippen LogP contribution in [0.5, 0.6) is 0 Å². The molecule has 0 aliphatic heterocycles. The van der Waals surface area contributed by atoms with Crippen LogP contribution < -0.4 is 11.1 Å². The van der Waals surface area contributed by atoms with Gasteiger partial charge in [-0.3, -0.25) is 0 Å². The van der Waals surface area contributed by atoms with Crippen LogP contribution in [-0.4, -0.2) is 17.0 Å². The molecule has 1 aromatic carbocycles. The van der Waals surface area contributed by atoms with Crippen molar-refractivity contribution in [1.29, 1.82) is 0 Å². The molecule has 0 amide bonds. The van der Waals surface area contributed by atoms with Gasteiger partial charge in [0.2, 0.25) is 5.95 Å². The maximum atomic E-state index is 12.8. The Morgan fingerprint density at radius 2 is 1.85 bits per heavy atom. The number of benzene rings is 1. The predicted molar refractivity (Wildman–Crippen MR) is 71.2 cm³/mol. The van der Waals surface area contributed by atoms with E-state index < -0.39 is 11.7 Å². The van der Waals surface area contributed by atoms with Crippen molar-refractivity contribution in [3.05, 3.63) is 35.4 Å². The number of nitrogen functional groups attached to an aromatic ring is 1. The molecule has 0 aliphatic rings. The Hall–Kier alpha value is -2.31. The Morgan fingerprint density at radius 3 is 2.45 bits per heavy atom. The molecule has 1 aromatic heterocycles. The second-order valence-electron chi connectivity index (χ2n) is 4.27. The number of rotatable bonds is 2. The number of hydrogen-bond donors (Lipinski definition) is 2. The van der Waals surface area contributed by atoms with Gasteiger partial charge in [-0.15, -0.1) is 0 Å². The Labute approximate surface area is 113 Å². The van der Waals surface area contributed by atoms with Crippen LogP contribution in [0.25, 0.3) is 11.3 Å². The summed E-state index contributed by atoms with van der Waals surface area (Å²) >= 11 is 0. The maximum absolute atomic E-state index is 12.8. The topological polar surface area (TPSA) is 63.8 Å². The second-order valence-corrected chi connectivity index (χ2v) is 4.27. The second kappa shape index (κ2) is 4.99. The van der Waals surface area contributed by atoms with Crippen molar-refractivity contribution in [2.75, 3.05) is 18.1 Å². The number of hydrogen-bond acceptors (Lipinski definition) is 4. The number of alkyl halides is 3. The number of nitrogens with two attached hydrogens (primary N) is 1. The zero-order valence-electron chi connectivity index (χ0n) is 10.9. The molecule has 0 spiro atoms. The molecule has 20 heavy (non-hydrogen) atoms. The van der Waals surface area contributed by atoms with E-state index in [2.05, 4.69) is 15.3 Å². The minimum atomic E-state index is -4.40. The zero-order chi connectivity index (χ0) is 14.9. The molecule has 7 heteroatoms. The minimum absolute atomic E-state index is 0.00339. The van der Waals surface area contributed by atoms with Gasteiger partial charge in [0.1, 0.15) is 5.82 Å². The highest BCUT2D eigenvalue weighted by Gasteiger charge is 2.31. The van der Waals surface area contributed by atoms with Gasteiger partial charge in [0, 0.05) is 18.7 Å². The third-order valence-corrected chi connectivity index (χ3v) is 2.84. The van der Waals surface area contributed by atoms with Crippen LogP contribution >= 0.6 is 0 Å². The van der Waals surface area contributed by atoms with Crippen molar-refractivity contribution in [2.24, 2.45) is 0 Å². The molecule has 0 atom stereocenters. The fourth-order valence-corrected chi connectivity index (χ4v) is 1.81. The highest BCUT2D eigenvalue weighted by molar-refractivity contribution is 5.68. The predicted octanol–water partition coefficient (Wildman–Crippen LogP) is 3.09. The molecule has 0 bridgehead atoms. The van der Waals surface area contributed by atoms with E-state index in [1.54, 1.807) is 20.0 Å². The van der Waals surface area contributed by atoms with E-state index in [9.17, 15) is 13.2 Å². The van der Waals surface area contributed by atoms with Gasteiger partial charge in [0.25, 0.3) is 0 Å². The van der Waals surface area contributed by atoms with E-state index in [0.29, 0.717) is 22.6 Å². The molecule has 0 radical (unpaired) electrons. The monoisotopic (exact) mass is 282 g/mol. The first-order chi connectivity index (χ1) is 9.31. The van der Waals surface area contributed by atoms with Crippen LogP contribution in [0, 0.1) is 6.92 Å². The Bertz CT molecular complexity index is 638. The summed E-state index contributed by atoms with van der Waals surface area (Å²) in [5.41, 5.74) is 6.25. The average molecular weight is 282 g/mol. The van der Waals surface area contributed by atoms with Crippen LogP contribution in [0.1, 0.15) is 11.1 Å². The molecule has 0 aliphatic carbocycles. The largest absolute Gasteiger partial charge is 0.416 e. The number of nitrogens with zero attached hydrogens (tertiary/aromatic N) is 2. The van der Waals surface area contributed by atoms with Gasteiger partial charge in [-0.25, -0.2) is 4.98 Å². The van der Waals surface area contributed by atoms with Crippen molar-refractivity contribution in [3.63, 3.8) is 0 Å². The molecule has 0 saturated carbocycles. The number of aryl methyl sites for hydroxylation is 1. The standard InChI is InChI=1S/C13H13F3N4/c1-7-3-4-8(13(14,15)16)5-9(7)10-6-11(18-2)20-12(17)19-10/h3-6H,1-2H3,(H3,17,18,19,20). The first-order valence-corrected chi connectivity index (χ1v) is 5.82. The first kappa shape index (κ1) is 14.1. The summed E-state index contributed by atoms with van der Waals surface area (Å²) in [7, 11) is 1.64. The average Bonchev–Trinajstić information content (AvgIpc) is 2.37. The summed E-state index contributed by atoms with van der Waals surface area (Å²) in [4.78, 5) is 7.91. The SMILES string of the molecule is CNc1cc(-c2cc(C(F)(F)F)ccc2C)nc(N)n1. The highest BCUT2D eigenvalue weighted by Crippen LogP contribution is 2.33. The molecule has 4 nitrogen and oxygen atoms in total. The van der Waals surface area contributed by atoms with E-state index in [4.69, 9.17) is 5.73 Å². The Kier molecular flexibility index (Phi) is 3.52. The van der Waals surface area contributed by atoms with Crippen molar-refractivity contribution in [1.82, 2.24) is 9.97 Å². The van der Waals surface area contributed by atoms with Gasteiger partial charge in [-0.05, 0) is 24.6 Å². The maximum Gasteiger partial charge on any atom is 0.416 e. The number of halogens is 3. The summed E-state index contributed by atoms with van der Waals surface area (Å²) < 4.78 is 38.3. The van der Waals surface area contributed by atoms with Gasteiger partial charge in [0.15, 0.2) is 0 Å². The summed E-state index contributed by atoms with van der Waals surface area (Å²) in [6.45, 7) is 1.72. The Balaban J connectivity index is 2.60. The van der Waals surface area contributed by atoms with Gasteiger partial charge in [-0.1, -0.05) is 6.07 Å². The van der Waals surface area contributed by atoms with Crippen molar-refractivity contribution in [2.45, 2.75) is 13.1 Å². The molecule has 0 saturated heterocycles. The summed E-state index contributed by atoms with van der Waals surface area (Å²) in [6.07, 6.45) is -4.40. The molecule has 1 heterocycles. The van der Waals surface area contributed by atoms with E-state index in [0.717, 1.165) is 12.1 Å². The van der Waals surface area contributed by atoms with E-state index in [1.807, 2.05) is 0 Å². The van der Waals surface area contributed by atoms with Gasteiger partial charge >= 0.3 is 6.18 Å². The van der Waals surface area contributed by atoms with E-state index in [-0.39, 0.29) is 5.95 Å². The minimum Gasteiger partial charge on any atom is -0.373 e. The van der Waals surface area contributed by atoms with Crippen LogP contribution in [0.4, 0.5) is 24.9 Å². The van der Waals surface area contributed by atoms with Crippen LogP contribution in [0.3, 0.4) is 0 Å². The van der Waals surface area contributed by atoms with Gasteiger partial charge in [-0.2, -0.15) is 18.2 Å². The lowest BCUT2D eigenvalue weighted by Gasteiger charge is -2.12. The lowest BCUT2D eigenvalue weighted by Crippen LogP contribution is -2.06. The van der Waals surface area contributed by atoms with Crippen molar-refractivity contribution in [3.8, 4) is 11.3 Å². The highest BCUT2D eigenvalue weighted by atomic mass is 19.4. The summed E-state index contributed by atoms with van der Waals surface area (Å²) in [5, 5.41) is 2.79. The third kappa shape index (κ3) is 2.81. The van der Waals surface area contributed by atoms with Gasteiger partial charge < -0.3 is 11.1 Å². The lowest BCUT2D eigenvalue weighted by atomic mass is 10.0. The van der Waals surface area contributed by atoms with Crippen molar-refractivity contribution < 1.29 is 13.2 Å². The quantitative estimate of drug-likeness (QED) is 0.888. The first-order valence-electron chi connectivity index (χ1n) is 5.82. The molecule has 2 aromatic rings. The zero-order valence-corrected chi connectivity index (χ0v) is 10.9. The van der Waals surface area contributed by atoms with E-state index >= 15 is 0 Å². The Morgan fingerprint density at radius 1 is 1.15 bits per heavy atom. The fraction of sp³-hybridized carbons (Fsp3) is 0.231. The number of aromatic nitrogens is 2. The van der Waals surface area contributed by atoms with E-state index in [1.165, 1.54) is 6.07 Å². The molecule has 0 unspecified atom stereocenters. The molecule has 0 fully saturated rings. The molecular formula is C13H13F3N4.